The maximum absolute atomic E-state index is 13.4. The van der Waals surface area contributed by atoms with Crippen LogP contribution in [0.25, 0.3) is 0 Å². The van der Waals surface area contributed by atoms with Gasteiger partial charge in [0.1, 0.15) is 5.82 Å². The molecule has 1 aliphatic rings. The van der Waals surface area contributed by atoms with Crippen LogP contribution in [0, 0.1) is 5.82 Å². The Bertz CT molecular complexity index is 338. The van der Waals surface area contributed by atoms with Gasteiger partial charge in [-0.1, -0.05) is 12.1 Å². The maximum Gasteiger partial charge on any atom is 0.136 e. The van der Waals surface area contributed by atoms with Gasteiger partial charge in [0.25, 0.3) is 0 Å². The molecule has 2 nitrogen and oxygen atoms in total. The molecule has 0 radical (unpaired) electrons. The van der Waals surface area contributed by atoms with Crippen LogP contribution in [0.2, 0.25) is 0 Å². The molecule has 1 fully saturated rings. The Labute approximate surface area is 107 Å². The predicted molar refractivity (Wildman–Crippen MR) is 71.1 cm³/mol. The summed E-state index contributed by atoms with van der Waals surface area (Å²) < 4.78 is 13.4. The van der Waals surface area contributed by atoms with Crippen LogP contribution in [0.5, 0.6) is 0 Å². The molecule has 1 saturated heterocycles. The highest BCUT2D eigenvalue weighted by atomic mass is 32.2. The van der Waals surface area contributed by atoms with E-state index in [1.165, 1.54) is 12.5 Å². The molecule has 2 rings (SSSR count). The van der Waals surface area contributed by atoms with Crippen molar-refractivity contribution in [2.75, 3.05) is 38.5 Å². The van der Waals surface area contributed by atoms with Crippen LogP contribution in [0.4, 0.5) is 4.39 Å². The van der Waals surface area contributed by atoms with Crippen molar-refractivity contribution in [3.05, 3.63) is 30.1 Å². The zero-order valence-electron chi connectivity index (χ0n) is 9.99. The summed E-state index contributed by atoms with van der Waals surface area (Å²) in [5, 5.41) is 3.39. The Morgan fingerprint density at radius 1 is 1.24 bits per heavy atom. The van der Waals surface area contributed by atoms with Gasteiger partial charge in [0, 0.05) is 30.3 Å². The zero-order chi connectivity index (χ0) is 11.9. The van der Waals surface area contributed by atoms with Gasteiger partial charge in [-0.3, -0.25) is 0 Å². The first-order valence-corrected chi connectivity index (χ1v) is 7.15. The van der Waals surface area contributed by atoms with Crippen molar-refractivity contribution in [2.45, 2.75) is 11.3 Å². The van der Waals surface area contributed by atoms with Crippen molar-refractivity contribution in [2.24, 2.45) is 0 Å². The molecule has 1 N–H and O–H groups in total. The molecule has 17 heavy (non-hydrogen) atoms. The van der Waals surface area contributed by atoms with Crippen LogP contribution in [0.1, 0.15) is 6.42 Å². The molecule has 1 aromatic carbocycles. The molecule has 1 aromatic rings. The minimum Gasteiger partial charge on any atom is -0.315 e. The number of halogens is 1. The topological polar surface area (TPSA) is 15.3 Å². The smallest absolute Gasteiger partial charge is 0.136 e. The number of nitrogens with zero attached hydrogens (tertiary/aromatic N) is 1. The van der Waals surface area contributed by atoms with E-state index in [-0.39, 0.29) is 5.82 Å². The molecular weight excluding hydrogens is 235 g/mol. The highest BCUT2D eigenvalue weighted by Gasteiger charge is 2.08. The Hall–Kier alpha value is -0.580. The second kappa shape index (κ2) is 6.99. The fourth-order valence-corrected chi connectivity index (χ4v) is 2.92. The van der Waals surface area contributed by atoms with E-state index in [9.17, 15) is 4.39 Å². The highest BCUT2D eigenvalue weighted by Crippen LogP contribution is 2.20. The van der Waals surface area contributed by atoms with Gasteiger partial charge >= 0.3 is 0 Å². The quantitative estimate of drug-likeness (QED) is 0.829. The second-order valence-corrected chi connectivity index (χ2v) is 5.36. The van der Waals surface area contributed by atoms with E-state index in [2.05, 4.69) is 10.2 Å². The summed E-state index contributed by atoms with van der Waals surface area (Å²) in [5.41, 5.74) is 0. The van der Waals surface area contributed by atoms with Crippen LogP contribution in [-0.2, 0) is 0 Å². The van der Waals surface area contributed by atoms with Crippen LogP contribution >= 0.6 is 11.8 Å². The van der Waals surface area contributed by atoms with Crippen LogP contribution in [-0.4, -0.2) is 43.4 Å². The Morgan fingerprint density at radius 2 is 2.12 bits per heavy atom. The van der Waals surface area contributed by atoms with E-state index in [4.69, 9.17) is 0 Å². The van der Waals surface area contributed by atoms with Gasteiger partial charge in [-0.15, -0.1) is 11.8 Å². The maximum atomic E-state index is 13.4. The number of hydrogen-bond donors (Lipinski definition) is 1. The average molecular weight is 254 g/mol. The normalized spacial score (nSPS) is 17.9. The van der Waals surface area contributed by atoms with Gasteiger partial charge in [0.15, 0.2) is 0 Å². The van der Waals surface area contributed by atoms with Gasteiger partial charge in [0.05, 0.1) is 0 Å². The Morgan fingerprint density at radius 3 is 3.00 bits per heavy atom. The number of thioether (sulfide) groups is 1. The molecule has 1 heterocycles. The van der Waals surface area contributed by atoms with Crippen molar-refractivity contribution in [1.29, 1.82) is 0 Å². The molecule has 94 valence electrons. The van der Waals surface area contributed by atoms with E-state index in [1.807, 2.05) is 12.1 Å². The number of nitrogens with one attached hydrogen (secondary N) is 1. The number of benzene rings is 1. The Kier molecular flexibility index (Phi) is 5.29. The van der Waals surface area contributed by atoms with E-state index in [1.54, 1.807) is 17.8 Å². The lowest BCUT2D eigenvalue weighted by Gasteiger charge is -2.18. The fourth-order valence-electron chi connectivity index (χ4n) is 1.97. The van der Waals surface area contributed by atoms with E-state index < -0.39 is 0 Å². The second-order valence-electron chi connectivity index (χ2n) is 4.22. The molecule has 0 bridgehead atoms. The molecule has 0 aromatic heterocycles. The molecule has 0 saturated carbocycles. The van der Waals surface area contributed by atoms with Crippen molar-refractivity contribution in [3.8, 4) is 0 Å². The van der Waals surface area contributed by atoms with Crippen molar-refractivity contribution < 1.29 is 4.39 Å². The van der Waals surface area contributed by atoms with E-state index >= 15 is 0 Å². The first-order chi connectivity index (χ1) is 8.36. The first kappa shape index (κ1) is 12.9. The van der Waals surface area contributed by atoms with Crippen LogP contribution < -0.4 is 5.32 Å². The lowest BCUT2D eigenvalue weighted by atomic mass is 10.3. The van der Waals surface area contributed by atoms with Crippen LogP contribution in [0.15, 0.2) is 29.2 Å². The highest BCUT2D eigenvalue weighted by molar-refractivity contribution is 7.99. The lowest BCUT2D eigenvalue weighted by molar-refractivity contribution is 0.311. The van der Waals surface area contributed by atoms with Crippen molar-refractivity contribution >= 4 is 11.8 Å². The van der Waals surface area contributed by atoms with Crippen LogP contribution in [0.3, 0.4) is 0 Å². The molecule has 4 heteroatoms. The molecule has 0 spiro atoms. The third-order valence-electron chi connectivity index (χ3n) is 2.93. The Balaban J connectivity index is 1.73. The average Bonchev–Trinajstić information content (AvgIpc) is 2.60. The van der Waals surface area contributed by atoms with Crippen molar-refractivity contribution in [3.63, 3.8) is 0 Å². The van der Waals surface area contributed by atoms with Gasteiger partial charge < -0.3 is 10.2 Å². The van der Waals surface area contributed by atoms with Gasteiger partial charge in [-0.05, 0) is 31.6 Å². The fraction of sp³-hybridized carbons (Fsp3) is 0.538. The summed E-state index contributed by atoms with van der Waals surface area (Å²) in [4.78, 5) is 3.22. The molecule has 1 aliphatic heterocycles. The molecule has 0 amide bonds. The van der Waals surface area contributed by atoms with E-state index in [0.29, 0.717) is 0 Å². The van der Waals surface area contributed by atoms with Gasteiger partial charge in [-0.2, -0.15) is 0 Å². The molecule has 0 aliphatic carbocycles. The molecule has 0 unspecified atom stereocenters. The molecule has 0 atom stereocenters. The monoisotopic (exact) mass is 254 g/mol. The molecular formula is C13H19FN2S. The number of hydrogen-bond acceptors (Lipinski definition) is 3. The lowest BCUT2D eigenvalue weighted by Crippen LogP contribution is -2.30. The summed E-state index contributed by atoms with van der Waals surface area (Å²) in [6.45, 7) is 5.50. The number of rotatable bonds is 4. The zero-order valence-corrected chi connectivity index (χ0v) is 10.8. The third-order valence-corrected chi connectivity index (χ3v) is 3.96. The summed E-state index contributed by atoms with van der Waals surface area (Å²) in [5.74, 6) is 0.857. The summed E-state index contributed by atoms with van der Waals surface area (Å²) in [6, 6.07) is 7.00. The standard InChI is InChI=1S/C13H19FN2S/c14-12-4-1-2-5-13(12)17-11-10-16-8-3-6-15-7-9-16/h1-2,4-5,15H,3,6-11H2. The largest absolute Gasteiger partial charge is 0.315 e. The third kappa shape index (κ3) is 4.30. The van der Waals surface area contributed by atoms with Crippen molar-refractivity contribution in [1.82, 2.24) is 10.2 Å². The minimum absolute atomic E-state index is 0.102. The van der Waals surface area contributed by atoms with E-state index in [0.717, 1.165) is 43.4 Å². The summed E-state index contributed by atoms with van der Waals surface area (Å²) in [7, 11) is 0. The van der Waals surface area contributed by atoms with Gasteiger partial charge in [-0.25, -0.2) is 4.39 Å². The SMILES string of the molecule is Fc1ccccc1SCCN1CCCNCC1. The summed E-state index contributed by atoms with van der Waals surface area (Å²) >= 11 is 1.61. The minimum atomic E-state index is -0.102. The summed E-state index contributed by atoms with van der Waals surface area (Å²) in [6.07, 6.45) is 1.21. The predicted octanol–water partition coefficient (Wildman–Crippen LogP) is 2.21. The van der Waals surface area contributed by atoms with Gasteiger partial charge in [0.2, 0.25) is 0 Å². The first-order valence-electron chi connectivity index (χ1n) is 6.16.